The van der Waals surface area contributed by atoms with E-state index < -0.39 is 6.04 Å². The van der Waals surface area contributed by atoms with Crippen LogP contribution < -0.4 is 10.2 Å². The van der Waals surface area contributed by atoms with Crippen molar-refractivity contribution >= 4 is 34.5 Å². The highest BCUT2D eigenvalue weighted by atomic mass is 16.2. The molecule has 1 aliphatic heterocycles. The Bertz CT molecular complexity index is 1070. The molecule has 2 heterocycles. The highest BCUT2D eigenvalue weighted by Crippen LogP contribution is 2.39. The standard InChI is InChI=1S/C24H26N4O2/c29-22(25-17-10-4-3-5-11-17)16-21-23(30)27(18-12-6-1-2-7-13-18)24-26-19-14-8-9-15-20(19)28(21)24/h3-5,8-11,14-15,18,21H,1-2,6-7,12-13,16H2,(H,25,29)/t21-/m0/s1. The first kappa shape index (κ1) is 18.9. The van der Waals surface area contributed by atoms with Gasteiger partial charge in [0, 0.05) is 11.7 Å². The first-order valence-electron chi connectivity index (χ1n) is 10.9. The molecule has 2 amide bonds. The molecule has 0 radical (unpaired) electrons. The maximum atomic E-state index is 13.6. The van der Waals surface area contributed by atoms with Crippen molar-refractivity contribution in [2.45, 2.75) is 57.0 Å². The number of aromatic nitrogens is 2. The molecule has 30 heavy (non-hydrogen) atoms. The summed E-state index contributed by atoms with van der Waals surface area (Å²) in [5.41, 5.74) is 2.52. The lowest BCUT2D eigenvalue weighted by atomic mass is 10.1. The van der Waals surface area contributed by atoms with Crippen LogP contribution in [0.5, 0.6) is 0 Å². The Morgan fingerprint density at radius 3 is 2.43 bits per heavy atom. The lowest BCUT2D eigenvalue weighted by molar-refractivity contribution is -0.125. The number of rotatable bonds is 4. The number of fused-ring (bicyclic) bond motifs is 3. The van der Waals surface area contributed by atoms with Gasteiger partial charge in [-0.25, -0.2) is 4.98 Å². The minimum atomic E-state index is -0.556. The minimum Gasteiger partial charge on any atom is -0.326 e. The van der Waals surface area contributed by atoms with Crippen molar-refractivity contribution in [3.63, 3.8) is 0 Å². The summed E-state index contributed by atoms with van der Waals surface area (Å²) in [6.45, 7) is 0. The molecule has 0 bridgehead atoms. The Balaban J connectivity index is 1.48. The Labute approximate surface area is 175 Å². The zero-order valence-corrected chi connectivity index (χ0v) is 17.0. The van der Waals surface area contributed by atoms with Crippen molar-refractivity contribution in [1.82, 2.24) is 9.55 Å². The van der Waals surface area contributed by atoms with Gasteiger partial charge in [-0.1, -0.05) is 56.0 Å². The highest BCUT2D eigenvalue weighted by Gasteiger charge is 2.43. The zero-order chi connectivity index (χ0) is 20.5. The maximum absolute atomic E-state index is 13.6. The van der Waals surface area contributed by atoms with Crippen LogP contribution in [-0.4, -0.2) is 27.4 Å². The summed E-state index contributed by atoms with van der Waals surface area (Å²) in [5.74, 6) is 0.537. The highest BCUT2D eigenvalue weighted by molar-refractivity contribution is 6.05. The van der Waals surface area contributed by atoms with Crippen molar-refractivity contribution in [2.24, 2.45) is 0 Å². The van der Waals surface area contributed by atoms with Crippen LogP contribution in [0.4, 0.5) is 11.6 Å². The monoisotopic (exact) mass is 402 g/mol. The normalized spacial score (nSPS) is 19.7. The number of nitrogens with one attached hydrogen (secondary N) is 1. The smallest absolute Gasteiger partial charge is 0.253 e. The van der Waals surface area contributed by atoms with Crippen molar-refractivity contribution in [1.29, 1.82) is 0 Å². The van der Waals surface area contributed by atoms with E-state index in [-0.39, 0.29) is 24.3 Å². The van der Waals surface area contributed by atoms with E-state index in [1.165, 1.54) is 12.8 Å². The Morgan fingerprint density at radius 2 is 1.67 bits per heavy atom. The van der Waals surface area contributed by atoms with E-state index in [2.05, 4.69) is 5.32 Å². The number of hydrogen-bond acceptors (Lipinski definition) is 3. The molecule has 1 saturated carbocycles. The molecule has 1 atom stereocenters. The molecule has 1 N–H and O–H groups in total. The first-order valence-corrected chi connectivity index (χ1v) is 10.9. The number of carbonyl (C=O) groups is 2. The minimum absolute atomic E-state index is 0.00151. The molecule has 5 rings (SSSR count). The number of para-hydroxylation sites is 3. The van der Waals surface area contributed by atoms with E-state index in [0.717, 1.165) is 42.4 Å². The third-order valence-electron chi connectivity index (χ3n) is 6.25. The number of imidazole rings is 1. The Kier molecular flexibility index (Phi) is 4.99. The molecule has 1 aliphatic carbocycles. The quantitative estimate of drug-likeness (QED) is 0.645. The summed E-state index contributed by atoms with van der Waals surface area (Å²) in [6, 6.07) is 16.8. The number of anilines is 2. The molecule has 0 spiro atoms. The molecule has 1 fully saturated rings. The van der Waals surface area contributed by atoms with Gasteiger partial charge in [-0.2, -0.15) is 0 Å². The molecule has 2 aliphatic rings. The summed E-state index contributed by atoms with van der Waals surface area (Å²) in [6.07, 6.45) is 6.80. The van der Waals surface area contributed by atoms with E-state index >= 15 is 0 Å². The lowest BCUT2D eigenvalue weighted by Gasteiger charge is -2.25. The van der Waals surface area contributed by atoms with Gasteiger partial charge < -0.3 is 5.32 Å². The third kappa shape index (κ3) is 3.36. The molecule has 2 aromatic carbocycles. The predicted molar refractivity (Wildman–Crippen MR) is 117 cm³/mol. The molecular formula is C24H26N4O2. The van der Waals surface area contributed by atoms with Crippen molar-refractivity contribution in [3.05, 3.63) is 54.6 Å². The molecule has 0 unspecified atom stereocenters. The van der Waals surface area contributed by atoms with Gasteiger partial charge in [0.1, 0.15) is 6.04 Å². The van der Waals surface area contributed by atoms with Crippen molar-refractivity contribution < 1.29 is 9.59 Å². The predicted octanol–water partition coefficient (Wildman–Crippen LogP) is 4.68. The summed E-state index contributed by atoms with van der Waals surface area (Å²) >= 11 is 0. The molecule has 6 nitrogen and oxygen atoms in total. The van der Waals surface area contributed by atoms with Gasteiger partial charge in [-0.15, -0.1) is 0 Å². The van der Waals surface area contributed by atoms with Crippen LogP contribution >= 0.6 is 0 Å². The zero-order valence-electron chi connectivity index (χ0n) is 17.0. The molecule has 1 aromatic heterocycles. The Hall–Kier alpha value is -3.15. The molecule has 154 valence electrons. The van der Waals surface area contributed by atoms with E-state index in [9.17, 15) is 9.59 Å². The van der Waals surface area contributed by atoms with Crippen LogP contribution in [0.1, 0.15) is 51.0 Å². The number of amides is 2. The third-order valence-corrected chi connectivity index (χ3v) is 6.25. The van der Waals surface area contributed by atoms with Gasteiger partial charge in [-0.3, -0.25) is 19.1 Å². The van der Waals surface area contributed by atoms with Gasteiger partial charge in [0.2, 0.25) is 11.9 Å². The molecular weight excluding hydrogens is 376 g/mol. The number of benzene rings is 2. The number of nitrogens with zero attached hydrogens (tertiary/aromatic N) is 3. The van der Waals surface area contributed by atoms with Crippen molar-refractivity contribution in [3.8, 4) is 0 Å². The summed E-state index contributed by atoms with van der Waals surface area (Å²) in [5, 5.41) is 2.92. The molecule has 6 heteroatoms. The number of carbonyl (C=O) groups excluding carboxylic acids is 2. The fourth-order valence-corrected chi connectivity index (χ4v) is 4.83. The van der Waals surface area contributed by atoms with E-state index in [4.69, 9.17) is 4.98 Å². The van der Waals surface area contributed by atoms with E-state index in [1.807, 2.05) is 64.1 Å². The van der Waals surface area contributed by atoms with Crippen LogP contribution in [0.25, 0.3) is 11.0 Å². The SMILES string of the molecule is O=C(C[C@H]1C(=O)N(C2CCCCCC2)c2nc3ccccc3n21)Nc1ccccc1. The van der Waals surface area contributed by atoms with Gasteiger partial charge in [0.15, 0.2) is 0 Å². The summed E-state index contributed by atoms with van der Waals surface area (Å²) < 4.78 is 1.98. The maximum Gasteiger partial charge on any atom is 0.253 e. The second-order valence-electron chi connectivity index (χ2n) is 8.26. The average molecular weight is 402 g/mol. The van der Waals surface area contributed by atoms with Gasteiger partial charge in [0.05, 0.1) is 17.5 Å². The first-order chi connectivity index (χ1) is 14.7. The molecule has 0 saturated heterocycles. The Morgan fingerprint density at radius 1 is 0.967 bits per heavy atom. The van der Waals surface area contributed by atoms with Crippen LogP contribution in [0.15, 0.2) is 54.6 Å². The van der Waals surface area contributed by atoms with Crippen LogP contribution in [0.3, 0.4) is 0 Å². The van der Waals surface area contributed by atoms with Crippen LogP contribution in [0, 0.1) is 0 Å². The fourth-order valence-electron chi connectivity index (χ4n) is 4.83. The van der Waals surface area contributed by atoms with Crippen molar-refractivity contribution in [2.75, 3.05) is 10.2 Å². The topological polar surface area (TPSA) is 67.2 Å². The second-order valence-corrected chi connectivity index (χ2v) is 8.26. The fraction of sp³-hybridized carbons (Fsp3) is 0.375. The van der Waals surface area contributed by atoms with E-state index in [0.29, 0.717) is 5.95 Å². The summed E-state index contributed by atoms with van der Waals surface area (Å²) in [7, 11) is 0. The average Bonchev–Trinajstić information content (AvgIpc) is 3.09. The van der Waals surface area contributed by atoms with Gasteiger partial charge in [-0.05, 0) is 37.1 Å². The second kappa shape index (κ2) is 7.94. The molecule has 3 aromatic rings. The summed E-state index contributed by atoms with van der Waals surface area (Å²) in [4.78, 5) is 33.1. The largest absolute Gasteiger partial charge is 0.326 e. The van der Waals surface area contributed by atoms with Gasteiger partial charge in [0.25, 0.3) is 5.91 Å². The van der Waals surface area contributed by atoms with Gasteiger partial charge >= 0.3 is 0 Å². The van der Waals surface area contributed by atoms with E-state index in [1.54, 1.807) is 0 Å². The van der Waals surface area contributed by atoms with Crippen LogP contribution in [-0.2, 0) is 9.59 Å². The number of hydrogen-bond donors (Lipinski definition) is 1. The van der Waals surface area contributed by atoms with Crippen LogP contribution in [0.2, 0.25) is 0 Å². The lowest BCUT2D eigenvalue weighted by Crippen LogP contribution is -2.39.